The maximum Gasteiger partial charge on any atom is 0.128 e. The van der Waals surface area contributed by atoms with Crippen LogP contribution in [-0.2, 0) is 0 Å². The summed E-state index contributed by atoms with van der Waals surface area (Å²) >= 11 is 0. The Hall–Kier alpha value is -1.40. The van der Waals surface area contributed by atoms with Gasteiger partial charge in [-0.2, -0.15) is 5.26 Å². The topological polar surface area (TPSA) is 49.8 Å². The normalized spacial score (nSPS) is 12.2. The Labute approximate surface area is 76.8 Å². The SMILES string of the molecule is Cc1cccc(F)c1[C@H](N)CC#N. The van der Waals surface area contributed by atoms with Crippen molar-refractivity contribution < 1.29 is 4.39 Å². The highest BCUT2D eigenvalue weighted by molar-refractivity contribution is 5.30. The molecule has 0 aliphatic rings. The smallest absolute Gasteiger partial charge is 0.128 e. The summed E-state index contributed by atoms with van der Waals surface area (Å²) in [4.78, 5) is 0. The van der Waals surface area contributed by atoms with Gasteiger partial charge >= 0.3 is 0 Å². The number of halogens is 1. The van der Waals surface area contributed by atoms with Crippen LogP contribution >= 0.6 is 0 Å². The minimum atomic E-state index is -0.522. The Morgan fingerprint density at radius 1 is 1.62 bits per heavy atom. The van der Waals surface area contributed by atoms with Gasteiger partial charge in [0.1, 0.15) is 5.82 Å². The molecule has 1 atom stereocenters. The van der Waals surface area contributed by atoms with Crippen LogP contribution in [0.15, 0.2) is 18.2 Å². The van der Waals surface area contributed by atoms with Gasteiger partial charge < -0.3 is 5.73 Å². The maximum atomic E-state index is 13.2. The van der Waals surface area contributed by atoms with Crippen LogP contribution in [0.25, 0.3) is 0 Å². The van der Waals surface area contributed by atoms with E-state index in [1.165, 1.54) is 6.07 Å². The van der Waals surface area contributed by atoms with E-state index in [2.05, 4.69) is 0 Å². The van der Waals surface area contributed by atoms with Gasteiger partial charge in [0.2, 0.25) is 0 Å². The van der Waals surface area contributed by atoms with Crippen molar-refractivity contribution in [3.05, 3.63) is 35.1 Å². The highest BCUT2D eigenvalue weighted by Gasteiger charge is 2.12. The summed E-state index contributed by atoms with van der Waals surface area (Å²) in [5, 5.41) is 8.43. The fourth-order valence-electron chi connectivity index (χ4n) is 1.31. The molecular formula is C10H11FN2. The molecule has 68 valence electrons. The zero-order chi connectivity index (χ0) is 9.84. The number of aryl methyl sites for hydroxylation is 1. The molecule has 3 heteroatoms. The van der Waals surface area contributed by atoms with Crippen LogP contribution in [0.4, 0.5) is 4.39 Å². The number of benzene rings is 1. The quantitative estimate of drug-likeness (QED) is 0.753. The van der Waals surface area contributed by atoms with Crippen LogP contribution in [0.3, 0.4) is 0 Å². The standard InChI is InChI=1S/C10H11FN2/c1-7-3-2-4-8(11)10(7)9(13)5-6-12/h2-4,9H,5,13H2,1H3/t9-/m1/s1. The highest BCUT2D eigenvalue weighted by atomic mass is 19.1. The summed E-state index contributed by atoms with van der Waals surface area (Å²) in [7, 11) is 0. The second-order valence-electron chi connectivity index (χ2n) is 2.94. The molecule has 0 aliphatic heterocycles. The van der Waals surface area contributed by atoms with E-state index in [0.29, 0.717) is 5.56 Å². The summed E-state index contributed by atoms with van der Waals surface area (Å²) in [6.07, 6.45) is 0.141. The first kappa shape index (κ1) is 9.69. The fraction of sp³-hybridized carbons (Fsp3) is 0.300. The Morgan fingerprint density at radius 2 is 2.31 bits per heavy atom. The van der Waals surface area contributed by atoms with Gasteiger partial charge in [0.15, 0.2) is 0 Å². The zero-order valence-electron chi connectivity index (χ0n) is 7.42. The van der Waals surface area contributed by atoms with E-state index < -0.39 is 6.04 Å². The van der Waals surface area contributed by atoms with Crippen molar-refractivity contribution in [1.82, 2.24) is 0 Å². The van der Waals surface area contributed by atoms with Gasteiger partial charge in [0, 0.05) is 11.6 Å². The van der Waals surface area contributed by atoms with Gasteiger partial charge in [-0.1, -0.05) is 12.1 Å². The summed E-state index contributed by atoms with van der Waals surface area (Å²) in [6, 6.07) is 6.19. The molecule has 0 fully saturated rings. The summed E-state index contributed by atoms with van der Waals surface area (Å²) in [5.41, 5.74) is 6.89. The van der Waals surface area contributed by atoms with Gasteiger partial charge in [-0.05, 0) is 18.6 Å². The molecule has 0 radical (unpaired) electrons. The molecule has 1 aromatic carbocycles. The minimum absolute atomic E-state index is 0.141. The molecule has 0 aliphatic carbocycles. The Kier molecular flexibility index (Phi) is 2.99. The van der Waals surface area contributed by atoms with Crippen molar-refractivity contribution in [1.29, 1.82) is 5.26 Å². The van der Waals surface area contributed by atoms with Gasteiger partial charge in [-0.15, -0.1) is 0 Å². The summed E-state index contributed by atoms with van der Waals surface area (Å²) in [6.45, 7) is 1.79. The molecule has 1 rings (SSSR count). The van der Waals surface area contributed by atoms with E-state index in [1.54, 1.807) is 19.1 Å². The van der Waals surface area contributed by atoms with Crippen molar-refractivity contribution >= 4 is 0 Å². The number of hydrogen-bond acceptors (Lipinski definition) is 2. The zero-order valence-corrected chi connectivity index (χ0v) is 7.42. The number of rotatable bonds is 2. The number of hydrogen-bond donors (Lipinski definition) is 1. The predicted octanol–water partition coefficient (Wildman–Crippen LogP) is 2.05. The summed E-state index contributed by atoms with van der Waals surface area (Å²) in [5.74, 6) is -0.331. The van der Waals surface area contributed by atoms with E-state index in [4.69, 9.17) is 11.0 Å². The number of nitrogens with two attached hydrogens (primary N) is 1. The van der Waals surface area contributed by atoms with Gasteiger partial charge in [-0.25, -0.2) is 4.39 Å². The van der Waals surface area contributed by atoms with Crippen molar-refractivity contribution in [3.63, 3.8) is 0 Å². The van der Waals surface area contributed by atoms with Crippen LogP contribution in [0, 0.1) is 24.1 Å². The Bertz CT molecular complexity index is 321. The Morgan fingerprint density at radius 3 is 2.85 bits per heavy atom. The first-order chi connectivity index (χ1) is 6.16. The van der Waals surface area contributed by atoms with E-state index in [0.717, 1.165) is 5.56 Å². The number of nitriles is 1. The van der Waals surface area contributed by atoms with Gasteiger partial charge in [-0.3, -0.25) is 0 Å². The lowest BCUT2D eigenvalue weighted by Gasteiger charge is -2.11. The van der Waals surface area contributed by atoms with Crippen LogP contribution in [-0.4, -0.2) is 0 Å². The highest BCUT2D eigenvalue weighted by Crippen LogP contribution is 2.21. The third kappa shape index (κ3) is 2.04. The lowest BCUT2D eigenvalue weighted by molar-refractivity contribution is 0.582. The van der Waals surface area contributed by atoms with Crippen molar-refractivity contribution in [2.24, 2.45) is 5.73 Å². The largest absolute Gasteiger partial charge is 0.323 e. The molecule has 0 saturated carbocycles. The maximum absolute atomic E-state index is 13.2. The predicted molar refractivity (Wildman–Crippen MR) is 48.3 cm³/mol. The van der Waals surface area contributed by atoms with E-state index in [1.807, 2.05) is 6.07 Å². The number of nitrogens with zero attached hydrogens (tertiary/aromatic N) is 1. The van der Waals surface area contributed by atoms with Crippen LogP contribution in [0.1, 0.15) is 23.6 Å². The molecule has 0 spiro atoms. The molecule has 0 saturated heterocycles. The first-order valence-electron chi connectivity index (χ1n) is 4.04. The molecule has 1 aromatic rings. The third-order valence-electron chi connectivity index (χ3n) is 1.95. The van der Waals surface area contributed by atoms with E-state index in [-0.39, 0.29) is 12.2 Å². The van der Waals surface area contributed by atoms with Gasteiger partial charge in [0.25, 0.3) is 0 Å². The molecule has 0 unspecified atom stereocenters. The molecule has 0 amide bonds. The van der Waals surface area contributed by atoms with Crippen LogP contribution in [0.5, 0.6) is 0 Å². The van der Waals surface area contributed by atoms with Gasteiger partial charge in [0.05, 0.1) is 12.5 Å². The second-order valence-corrected chi connectivity index (χ2v) is 2.94. The third-order valence-corrected chi connectivity index (χ3v) is 1.95. The van der Waals surface area contributed by atoms with Crippen LogP contribution < -0.4 is 5.73 Å². The molecule has 2 nitrogen and oxygen atoms in total. The fourth-order valence-corrected chi connectivity index (χ4v) is 1.31. The lowest BCUT2D eigenvalue weighted by atomic mass is 9.99. The monoisotopic (exact) mass is 178 g/mol. The molecule has 0 heterocycles. The molecular weight excluding hydrogens is 167 g/mol. The van der Waals surface area contributed by atoms with E-state index >= 15 is 0 Å². The minimum Gasteiger partial charge on any atom is -0.323 e. The van der Waals surface area contributed by atoms with E-state index in [9.17, 15) is 4.39 Å². The van der Waals surface area contributed by atoms with Crippen molar-refractivity contribution in [3.8, 4) is 6.07 Å². The molecule has 0 aromatic heterocycles. The average molecular weight is 178 g/mol. The molecule has 0 bridgehead atoms. The molecule has 13 heavy (non-hydrogen) atoms. The average Bonchev–Trinajstić information content (AvgIpc) is 2.04. The van der Waals surface area contributed by atoms with Crippen molar-refractivity contribution in [2.75, 3.05) is 0 Å². The first-order valence-corrected chi connectivity index (χ1v) is 4.04. The summed E-state index contributed by atoms with van der Waals surface area (Å²) < 4.78 is 13.2. The molecule has 2 N–H and O–H groups in total. The van der Waals surface area contributed by atoms with Crippen molar-refractivity contribution in [2.45, 2.75) is 19.4 Å². The van der Waals surface area contributed by atoms with Crippen LogP contribution in [0.2, 0.25) is 0 Å². The lowest BCUT2D eigenvalue weighted by Crippen LogP contribution is -2.12. The Balaban J connectivity index is 3.06. The second kappa shape index (κ2) is 4.01.